The molecule has 172 valence electrons. The summed E-state index contributed by atoms with van der Waals surface area (Å²) in [6.45, 7) is 0.291. The molecule has 0 bridgehead atoms. The van der Waals surface area contributed by atoms with Crippen molar-refractivity contribution in [3.8, 4) is 5.75 Å². The zero-order valence-corrected chi connectivity index (χ0v) is 21.2. The molecule has 0 aromatic heterocycles. The molecule has 1 saturated heterocycles. The van der Waals surface area contributed by atoms with Crippen molar-refractivity contribution in [2.45, 2.75) is 6.61 Å². The van der Waals surface area contributed by atoms with Gasteiger partial charge < -0.3 is 4.74 Å². The van der Waals surface area contributed by atoms with Crippen LogP contribution in [0.4, 0.5) is 0 Å². The van der Waals surface area contributed by atoms with Crippen LogP contribution in [0.25, 0.3) is 6.08 Å². The number of carbonyl (C=O) groups is 2. The second kappa shape index (κ2) is 10.8. The fourth-order valence-electron chi connectivity index (χ4n) is 2.98. The zero-order chi connectivity index (χ0) is 24.2. The summed E-state index contributed by atoms with van der Waals surface area (Å²) in [5.74, 6) is -0.304. The Labute approximate surface area is 220 Å². The molecule has 0 radical (unpaired) electrons. The number of hydrazine groups is 1. The van der Waals surface area contributed by atoms with E-state index in [1.807, 2.05) is 18.2 Å². The minimum atomic E-state index is -0.523. The van der Waals surface area contributed by atoms with E-state index in [0.29, 0.717) is 27.3 Å². The van der Waals surface area contributed by atoms with Crippen LogP contribution in [0.3, 0.4) is 0 Å². The molecule has 1 N–H and O–H groups in total. The number of hydrogen-bond acceptors (Lipinski definition) is 5. The predicted octanol–water partition coefficient (Wildman–Crippen LogP) is 6.77. The van der Waals surface area contributed by atoms with Gasteiger partial charge in [0.1, 0.15) is 12.4 Å². The van der Waals surface area contributed by atoms with Crippen molar-refractivity contribution in [1.29, 1.82) is 0 Å². The number of amides is 2. The fourth-order valence-corrected chi connectivity index (χ4v) is 4.85. The molecule has 1 fully saturated rings. The van der Waals surface area contributed by atoms with Crippen LogP contribution in [0.1, 0.15) is 21.5 Å². The van der Waals surface area contributed by atoms with E-state index >= 15 is 0 Å². The first-order valence-corrected chi connectivity index (χ1v) is 12.2. The van der Waals surface area contributed by atoms with Crippen LogP contribution in [-0.4, -0.2) is 21.1 Å². The molecule has 3 aromatic rings. The summed E-state index contributed by atoms with van der Waals surface area (Å²) in [4.78, 5) is 25.7. The van der Waals surface area contributed by atoms with Gasteiger partial charge in [-0.05, 0) is 60.3 Å². The molecule has 0 aliphatic carbocycles. The highest BCUT2D eigenvalue weighted by molar-refractivity contribution is 8.26. The van der Waals surface area contributed by atoms with Crippen LogP contribution < -0.4 is 10.2 Å². The number of ether oxygens (including phenoxy) is 1. The number of carbonyl (C=O) groups excluding carboxylic acids is 2. The van der Waals surface area contributed by atoms with Crippen molar-refractivity contribution in [2.24, 2.45) is 0 Å². The lowest BCUT2D eigenvalue weighted by Gasteiger charge is -2.16. The molecule has 0 atom stereocenters. The molecule has 1 aliphatic rings. The van der Waals surface area contributed by atoms with E-state index < -0.39 is 11.8 Å². The van der Waals surface area contributed by atoms with Gasteiger partial charge in [-0.3, -0.25) is 15.0 Å². The van der Waals surface area contributed by atoms with Crippen molar-refractivity contribution in [3.05, 3.63) is 103 Å². The van der Waals surface area contributed by atoms with Gasteiger partial charge in [-0.1, -0.05) is 76.9 Å². The van der Waals surface area contributed by atoms with Crippen LogP contribution in [0.2, 0.25) is 15.1 Å². The number of hydrogen-bond donors (Lipinski definition) is 1. The summed E-state index contributed by atoms with van der Waals surface area (Å²) >= 11 is 24.5. The highest BCUT2D eigenvalue weighted by Gasteiger charge is 2.34. The zero-order valence-electron chi connectivity index (χ0n) is 17.3. The third-order valence-electron chi connectivity index (χ3n) is 4.71. The minimum Gasteiger partial charge on any atom is -0.489 e. The summed E-state index contributed by atoms with van der Waals surface area (Å²) in [6, 6.07) is 19.0. The van der Waals surface area contributed by atoms with Gasteiger partial charge in [0.25, 0.3) is 11.8 Å². The Morgan fingerprint density at radius 1 is 1.03 bits per heavy atom. The molecule has 10 heteroatoms. The fraction of sp³-hybridized carbons (Fsp3) is 0.0417. The quantitative estimate of drug-likeness (QED) is 0.272. The van der Waals surface area contributed by atoms with E-state index in [0.717, 1.165) is 27.9 Å². The van der Waals surface area contributed by atoms with E-state index in [9.17, 15) is 9.59 Å². The monoisotopic (exact) mass is 548 g/mol. The molecule has 3 aromatic carbocycles. The lowest BCUT2D eigenvalue weighted by molar-refractivity contribution is -0.123. The average molecular weight is 550 g/mol. The smallest absolute Gasteiger partial charge is 0.285 e. The Morgan fingerprint density at radius 2 is 1.76 bits per heavy atom. The normalized spacial score (nSPS) is 14.6. The van der Waals surface area contributed by atoms with Crippen LogP contribution in [-0.2, 0) is 11.4 Å². The van der Waals surface area contributed by atoms with Crippen molar-refractivity contribution >= 4 is 81.0 Å². The van der Waals surface area contributed by atoms with E-state index in [1.54, 1.807) is 54.6 Å². The Hall–Kier alpha value is -2.55. The van der Waals surface area contributed by atoms with Crippen LogP contribution in [0.15, 0.2) is 71.6 Å². The molecule has 5 nitrogen and oxygen atoms in total. The molecule has 0 spiro atoms. The number of halogens is 3. The minimum absolute atomic E-state index is 0.219. The average Bonchev–Trinajstić information content (AvgIpc) is 3.07. The van der Waals surface area contributed by atoms with Gasteiger partial charge in [0.15, 0.2) is 4.32 Å². The Balaban J connectivity index is 1.40. The second-order valence-corrected chi connectivity index (χ2v) is 9.96. The molecular formula is C24H15Cl3N2O3S2. The molecule has 2 amide bonds. The number of nitrogens with zero attached hydrogens (tertiary/aromatic N) is 1. The number of thioether (sulfide) groups is 1. The summed E-state index contributed by atoms with van der Waals surface area (Å²) in [5, 5.41) is 2.42. The van der Waals surface area contributed by atoms with Crippen molar-refractivity contribution in [3.63, 3.8) is 0 Å². The van der Waals surface area contributed by atoms with Crippen molar-refractivity contribution in [1.82, 2.24) is 10.4 Å². The summed E-state index contributed by atoms with van der Waals surface area (Å²) in [5.41, 5.74) is 4.36. The van der Waals surface area contributed by atoms with Crippen molar-refractivity contribution in [2.75, 3.05) is 0 Å². The number of rotatable bonds is 6. The molecule has 4 rings (SSSR count). The Kier molecular flexibility index (Phi) is 7.80. The van der Waals surface area contributed by atoms with Crippen LogP contribution in [0.5, 0.6) is 5.75 Å². The first-order valence-electron chi connectivity index (χ1n) is 9.82. The van der Waals surface area contributed by atoms with Gasteiger partial charge in [0.05, 0.1) is 15.5 Å². The van der Waals surface area contributed by atoms with E-state index in [4.69, 9.17) is 51.8 Å². The third-order valence-corrected chi connectivity index (χ3v) is 6.93. The Morgan fingerprint density at radius 3 is 2.47 bits per heavy atom. The lowest BCUT2D eigenvalue weighted by Crippen LogP contribution is -2.44. The molecule has 0 saturated carbocycles. The molecule has 1 heterocycles. The topological polar surface area (TPSA) is 58.6 Å². The third kappa shape index (κ3) is 5.74. The number of thiocarbonyl (C=S) groups is 1. The second-order valence-electron chi connectivity index (χ2n) is 7.03. The van der Waals surface area contributed by atoms with Crippen molar-refractivity contribution < 1.29 is 14.3 Å². The van der Waals surface area contributed by atoms with Crippen LogP contribution >= 0.6 is 58.8 Å². The summed E-state index contributed by atoms with van der Waals surface area (Å²) in [6.07, 6.45) is 1.70. The largest absolute Gasteiger partial charge is 0.489 e. The van der Waals surface area contributed by atoms with Gasteiger partial charge in [0, 0.05) is 15.6 Å². The Bertz CT molecular complexity index is 1310. The SMILES string of the molecule is O=C(NN1C(=O)/C(=C/c2ccc(OCc3ccc(Cl)cc3Cl)cc2)SC1=S)c1ccccc1Cl. The van der Waals surface area contributed by atoms with E-state index in [2.05, 4.69) is 5.43 Å². The summed E-state index contributed by atoms with van der Waals surface area (Å²) in [7, 11) is 0. The first-order chi connectivity index (χ1) is 16.3. The number of nitrogens with one attached hydrogen (secondary N) is 1. The molecular weight excluding hydrogens is 535 g/mol. The van der Waals surface area contributed by atoms with Gasteiger partial charge in [-0.2, -0.15) is 5.01 Å². The highest BCUT2D eigenvalue weighted by atomic mass is 35.5. The maximum absolute atomic E-state index is 12.8. The first kappa shape index (κ1) is 24.6. The lowest BCUT2D eigenvalue weighted by atomic mass is 10.2. The maximum atomic E-state index is 12.8. The molecule has 1 aliphatic heterocycles. The standard InChI is InChI=1S/C24H15Cl3N2O3S2/c25-16-8-7-15(20(27)12-16)13-32-17-9-5-14(6-10-17)11-21-23(31)29(24(33)34-21)28-22(30)18-3-1-2-4-19(18)26/h1-12H,13H2,(H,28,30)/b21-11-. The van der Waals surface area contributed by atoms with E-state index in [1.165, 1.54) is 0 Å². The summed E-state index contributed by atoms with van der Waals surface area (Å²) < 4.78 is 6.00. The van der Waals surface area contributed by atoms with Gasteiger partial charge in [-0.15, -0.1) is 0 Å². The van der Waals surface area contributed by atoms with Gasteiger partial charge in [-0.25, -0.2) is 0 Å². The van der Waals surface area contributed by atoms with Gasteiger partial charge in [0.2, 0.25) is 0 Å². The van der Waals surface area contributed by atoms with E-state index in [-0.39, 0.29) is 14.9 Å². The number of benzene rings is 3. The maximum Gasteiger partial charge on any atom is 0.285 e. The highest BCUT2D eigenvalue weighted by Crippen LogP contribution is 2.32. The molecule has 0 unspecified atom stereocenters. The van der Waals surface area contributed by atoms with Crippen LogP contribution in [0, 0.1) is 0 Å². The predicted molar refractivity (Wildman–Crippen MR) is 141 cm³/mol. The van der Waals surface area contributed by atoms with Gasteiger partial charge >= 0.3 is 0 Å². The molecule has 34 heavy (non-hydrogen) atoms.